The van der Waals surface area contributed by atoms with Crippen LogP contribution in [0, 0.1) is 0 Å². The van der Waals surface area contributed by atoms with E-state index in [1.165, 1.54) is 11.3 Å². The maximum Gasteiger partial charge on any atom is 0.183 e. The molecule has 0 radical (unpaired) electrons. The van der Waals surface area contributed by atoms with Gasteiger partial charge in [-0.15, -0.1) is 10.2 Å². The van der Waals surface area contributed by atoms with Crippen molar-refractivity contribution >= 4 is 11.3 Å². The average molecular weight is 223 g/mol. The lowest BCUT2D eigenvalue weighted by Gasteiger charge is -1.94. The van der Waals surface area contributed by atoms with Crippen molar-refractivity contribution in [2.75, 3.05) is 0 Å². The van der Waals surface area contributed by atoms with Gasteiger partial charge in [0.05, 0.1) is 6.04 Å². The molecule has 15 heavy (non-hydrogen) atoms. The Labute approximate surface area is 92.1 Å². The van der Waals surface area contributed by atoms with E-state index in [1.807, 2.05) is 19.1 Å². The Morgan fingerprint density at radius 3 is 2.80 bits per heavy atom. The summed E-state index contributed by atoms with van der Waals surface area (Å²) in [4.78, 5) is 0. The number of aromatic nitrogens is 2. The van der Waals surface area contributed by atoms with Gasteiger partial charge in [-0.05, 0) is 19.1 Å². The Kier molecular flexibility index (Phi) is 2.83. The third kappa shape index (κ3) is 2.08. The van der Waals surface area contributed by atoms with Crippen LogP contribution in [-0.4, -0.2) is 10.2 Å². The summed E-state index contributed by atoms with van der Waals surface area (Å²) < 4.78 is 5.58. The van der Waals surface area contributed by atoms with Crippen LogP contribution in [0.15, 0.2) is 16.5 Å². The van der Waals surface area contributed by atoms with Crippen LogP contribution in [0.25, 0.3) is 10.8 Å². The number of aryl methyl sites for hydroxylation is 1. The van der Waals surface area contributed by atoms with Gasteiger partial charge < -0.3 is 10.2 Å². The average Bonchev–Trinajstić information content (AvgIpc) is 2.86. The Hall–Kier alpha value is -1.20. The van der Waals surface area contributed by atoms with Gasteiger partial charge in [-0.25, -0.2) is 0 Å². The van der Waals surface area contributed by atoms with Crippen molar-refractivity contribution < 1.29 is 4.42 Å². The number of hydrogen-bond acceptors (Lipinski definition) is 5. The van der Waals surface area contributed by atoms with Crippen molar-refractivity contribution in [3.8, 4) is 10.8 Å². The number of hydrogen-bond donors (Lipinski definition) is 1. The fourth-order valence-corrected chi connectivity index (χ4v) is 1.96. The van der Waals surface area contributed by atoms with Crippen molar-refractivity contribution in [2.24, 2.45) is 5.73 Å². The molecule has 0 bridgehead atoms. The maximum atomic E-state index is 5.71. The molecule has 0 aliphatic carbocycles. The Morgan fingerprint density at radius 2 is 2.27 bits per heavy atom. The lowest BCUT2D eigenvalue weighted by atomic mass is 10.4. The van der Waals surface area contributed by atoms with E-state index in [9.17, 15) is 0 Å². The number of nitrogens with two attached hydrogens (primary N) is 1. The molecular formula is C10H13N3OS. The minimum atomic E-state index is -0.0724. The fraction of sp³-hybridized carbons (Fsp3) is 0.400. The fourth-order valence-electron chi connectivity index (χ4n) is 1.20. The molecule has 80 valence electrons. The molecule has 2 aromatic rings. The largest absolute Gasteiger partial charge is 0.459 e. The van der Waals surface area contributed by atoms with Gasteiger partial charge in [0.25, 0.3) is 0 Å². The summed E-state index contributed by atoms with van der Waals surface area (Å²) in [7, 11) is 0. The van der Waals surface area contributed by atoms with Crippen LogP contribution in [0.1, 0.15) is 30.7 Å². The van der Waals surface area contributed by atoms with Gasteiger partial charge in [0.15, 0.2) is 10.8 Å². The van der Waals surface area contributed by atoms with E-state index in [0.717, 1.165) is 28.0 Å². The van der Waals surface area contributed by atoms with E-state index in [-0.39, 0.29) is 6.04 Å². The minimum Gasteiger partial charge on any atom is -0.459 e. The number of nitrogens with zero attached hydrogens (tertiary/aromatic N) is 2. The molecule has 0 saturated heterocycles. The van der Waals surface area contributed by atoms with E-state index in [1.54, 1.807) is 0 Å². The number of rotatable bonds is 3. The summed E-state index contributed by atoms with van der Waals surface area (Å²) in [6, 6.07) is 3.81. The molecule has 1 unspecified atom stereocenters. The Bertz CT molecular complexity index is 447. The quantitative estimate of drug-likeness (QED) is 0.867. The molecule has 0 saturated carbocycles. The Morgan fingerprint density at radius 1 is 1.47 bits per heavy atom. The van der Waals surface area contributed by atoms with Crippen LogP contribution in [0.5, 0.6) is 0 Å². The summed E-state index contributed by atoms with van der Waals surface area (Å²) in [5, 5.41) is 9.69. The second kappa shape index (κ2) is 4.12. The molecule has 2 aromatic heterocycles. The van der Waals surface area contributed by atoms with E-state index < -0.39 is 0 Å². The molecular weight excluding hydrogens is 210 g/mol. The van der Waals surface area contributed by atoms with E-state index >= 15 is 0 Å². The summed E-state index contributed by atoms with van der Waals surface area (Å²) >= 11 is 1.48. The molecule has 0 aliphatic rings. The van der Waals surface area contributed by atoms with Gasteiger partial charge in [-0.1, -0.05) is 18.3 Å². The first-order valence-corrected chi connectivity index (χ1v) is 5.70. The molecule has 0 amide bonds. The van der Waals surface area contributed by atoms with Gasteiger partial charge >= 0.3 is 0 Å². The smallest absolute Gasteiger partial charge is 0.183 e. The summed E-state index contributed by atoms with van der Waals surface area (Å²) in [5.41, 5.74) is 5.71. The van der Waals surface area contributed by atoms with Gasteiger partial charge in [0.2, 0.25) is 0 Å². The van der Waals surface area contributed by atoms with Gasteiger partial charge in [-0.3, -0.25) is 0 Å². The molecule has 5 heteroatoms. The molecule has 4 nitrogen and oxygen atoms in total. The molecule has 0 aliphatic heterocycles. The van der Waals surface area contributed by atoms with Gasteiger partial charge in [0, 0.05) is 6.42 Å². The summed E-state index contributed by atoms with van der Waals surface area (Å²) in [5.74, 6) is 1.73. The van der Waals surface area contributed by atoms with Crippen molar-refractivity contribution in [3.63, 3.8) is 0 Å². The summed E-state index contributed by atoms with van der Waals surface area (Å²) in [6.45, 7) is 3.94. The molecule has 0 aromatic carbocycles. The second-order valence-electron chi connectivity index (χ2n) is 3.35. The standard InChI is InChI=1S/C10H13N3OS/c1-3-7-4-5-8(14-7)10-13-12-9(15-10)6(2)11/h4-6H,3,11H2,1-2H3. The highest BCUT2D eigenvalue weighted by Crippen LogP contribution is 2.27. The Balaban J connectivity index is 2.28. The van der Waals surface area contributed by atoms with Gasteiger partial charge in [0.1, 0.15) is 10.8 Å². The predicted octanol–water partition coefficient (Wildman–Crippen LogP) is 2.38. The van der Waals surface area contributed by atoms with Crippen LogP contribution in [-0.2, 0) is 6.42 Å². The predicted molar refractivity (Wildman–Crippen MR) is 59.6 cm³/mol. The molecule has 0 spiro atoms. The van der Waals surface area contributed by atoms with Crippen LogP contribution in [0.3, 0.4) is 0 Å². The van der Waals surface area contributed by atoms with Crippen molar-refractivity contribution in [1.29, 1.82) is 0 Å². The third-order valence-electron chi connectivity index (χ3n) is 2.05. The van der Waals surface area contributed by atoms with Crippen LogP contribution in [0.4, 0.5) is 0 Å². The summed E-state index contributed by atoms with van der Waals surface area (Å²) in [6.07, 6.45) is 0.888. The third-order valence-corrected chi connectivity index (χ3v) is 3.19. The first-order valence-electron chi connectivity index (χ1n) is 4.88. The van der Waals surface area contributed by atoms with Crippen molar-refractivity contribution in [2.45, 2.75) is 26.3 Å². The zero-order valence-electron chi connectivity index (χ0n) is 8.73. The van der Waals surface area contributed by atoms with Crippen LogP contribution >= 0.6 is 11.3 Å². The van der Waals surface area contributed by atoms with E-state index in [2.05, 4.69) is 17.1 Å². The maximum absolute atomic E-state index is 5.71. The monoisotopic (exact) mass is 223 g/mol. The second-order valence-corrected chi connectivity index (χ2v) is 4.36. The van der Waals surface area contributed by atoms with Crippen LogP contribution < -0.4 is 5.73 Å². The lowest BCUT2D eigenvalue weighted by molar-refractivity contribution is 0.528. The lowest BCUT2D eigenvalue weighted by Crippen LogP contribution is -2.03. The molecule has 2 heterocycles. The molecule has 2 rings (SSSR count). The number of furan rings is 1. The molecule has 0 fully saturated rings. The highest BCUT2D eigenvalue weighted by molar-refractivity contribution is 7.14. The zero-order valence-corrected chi connectivity index (χ0v) is 9.54. The molecule has 1 atom stereocenters. The topological polar surface area (TPSA) is 64.9 Å². The first kappa shape index (κ1) is 10.3. The van der Waals surface area contributed by atoms with Crippen LogP contribution in [0.2, 0.25) is 0 Å². The van der Waals surface area contributed by atoms with Gasteiger partial charge in [-0.2, -0.15) is 0 Å². The van der Waals surface area contributed by atoms with Crippen molar-refractivity contribution in [3.05, 3.63) is 22.9 Å². The normalized spacial score (nSPS) is 13.0. The minimum absolute atomic E-state index is 0.0724. The molecule has 2 N–H and O–H groups in total. The SMILES string of the molecule is CCc1ccc(-c2nnc(C(C)N)s2)o1. The van der Waals surface area contributed by atoms with E-state index in [0.29, 0.717) is 0 Å². The zero-order chi connectivity index (χ0) is 10.8. The highest BCUT2D eigenvalue weighted by Gasteiger charge is 2.12. The first-order chi connectivity index (χ1) is 7.20. The highest BCUT2D eigenvalue weighted by atomic mass is 32.1. The van der Waals surface area contributed by atoms with Crippen molar-refractivity contribution in [1.82, 2.24) is 10.2 Å². The van der Waals surface area contributed by atoms with E-state index in [4.69, 9.17) is 10.2 Å².